The van der Waals surface area contributed by atoms with E-state index in [1.807, 2.05) is 6.07 Å². The van der Waals surface area contributed by atoms with Crippen molar-refractivity contribution in [2.24, 2.45) is 0 Å². The molecule has 86 valence electrons. The van der Waals surface area contributed by atoms with Crippen LogP contribution in [0.5, 0.6) is 5.75 Å². The van der Waals surface area contributed by atoms with Crippen molar-refractivity contribution < 1.29 is 19.4 Å². The van der Waals surface area contributed by atoms with E-state index in [-0.39, 0.29) is 13.2 Å². The summed E-state index contributed by atoms with van der Waals surface area (Å²) in [5.74, 6) is -0.912. The Morgan fingerprint density at radius 3 is 2.56 bits per heavy atom. The summed E-state index contributed by atoms with van der Waals surface area (Å²) >= 11 is 0. The number of carbonyl (C=O) groups excluding carboxylic acids is 1. The third-order valence-corrected chi connectivity index (χ3v) is 1.58. The van der Waals surface area contributed by atoms with E-state index < -0.39 is 11.9 Å². The van der Waals surface area contributed by atoms with Crippen molar-refractivity contribution >= 4 is 11.9 Å². The van der Waals surface area contributed by atoms with Crippen molar-refractivity contribution in [2.75, 3.05) is 13.2 Å². The van der Waals surface area contributed by atoms with Crippen molar-refractivity contribution in [2.45, 2.75) is 0 Å². The van der Waals surface area contributed by atoms with E-state index >= 15 is 0 Å². The van der Waals surface area contributed by atoms with Crippen molar-refractivity contribution in [3.05, 3.63) is 30.3 Å². The van der Waals surface area contributed by atoms with Crippen LogP contribution in [-0.2, 0) is 9.59 Å². The van der Waals surface area contributed by atoms with Gasteiger partial charge in [-0.2, -0.15) is 0 Å². The molecule has 0 saturated heterocycles. The second-order valence-electron chi connectivity index (χ2n) is 2.90. The van der Waals surface area contributed by atoms with Crippen molar-refractivity contribution in [1.82, 2.24) is 10.9 Å². The lowest BCUT2D eigenvalue weighted by molar-refractivity contribution is -0.136. The number of hydrazine groups is 1. The lowest BCUT2D eigenvalue weighted by Gasteiger charge is -2.06. The number of aliphatic carboxylic acids is 1. The van der Waals surface area contributed by atoms with Crippen LogP contribution in [0.3, 0.4) is 0 Å². The van der Waals surface area contributed by atoms with Crippen LogP contribution in [0.4, 0.5) is 0 Å². The van der Waals surface area contributed by atoms with Crippen LogP contribution in [0.15, 0.2) is 30.3 Å². The smallest absolute Gasteiger partial charge is 0.319 e. The van der Waals surface area contributed by atoms with E-state index in [0.29, 0.717) is 5.75 Å². The lowest BCUT2D eigenvalue weighted by atomic mass is 10.3. The molecule has 3 N–H and O–H groups in total. The van der Waals surface area contributed by atoms with E-state index in [0.717, 1.165) is 0 Å². The number of hydrogen-bond donors (Lipinski definition) is 3. The number of ether oxygens (including phenoxy) is 1. The number of carboxylic acids is 1. The van der Waals surface area contributed by atoms with Gasteiger partial charge < -0.3 is 9.84 Å². The van der Waals surface area contributed by atoms with Crippen LogP contribution in [0.1, 0.15) is 0 Å². The molecule has 0 aliphatic heterocycles. The molecule has 0 bridgehead atoms. The van der Waals surface area contributed by atoms with Gasteiger partial charge in [-0.25, -0.2) is 5.43 Å². The molecule has 6 nitrogen and oxygen atoms in total. The van der Waals surface area contributed by atoms with Gasteiger partial charge in [0.25, 0.3) is 5.91 Å². The summed E-state index contributed by atoms with van der Waals surface area (Å²) in [5.41, 5.74) is 4.43. The van der Waals surface area contributed by atoms with Crippen LogP contribution in [0, 0.1) is 0 Å². The van der Waals surface area contributed by atoms with Crippen molar-refractivity contribution in [1.29, 1.82) is 0 Å². The summed E-state index contributed by atoms with van der Waals surface area (Å²) in [4.78, 5) is 21.2. The normalized spacial score (nSPS) is 9.50. The number of rotatable bonds is 6. The summed E-state index contributed by atoms with van der Waals surface area (Å²) in [6.07, 6.45) is 0. The number of amides is 1. The summed E-state index contributed by atoms with van der Waals surface area (Å²) in [7, 11) is 0. The minimum Gasteiger partial charge on any atom is -0.484 e. The average molecular weight is 224 g/mol. The molecule has 1 rings (SSSR count). The Bertz CT molecular complexity index is 353. The fourth-order valence-corrected chi connectivity index (χ4v) is 0.920. The maximum Gasteiger partial charge on any atom is 0.319 e. The summed E-state index contributed by atoms with van der Waals surface area (Å²) in [6, 6.07) is 8.85. The first-order chi connectivity index (χ1) is 7.68. The molecule has 16 heavy (non-hydrogen) atoms. The van der Waals surface area contributed by atoms with Gasteiger partial charge in [-0.05, 0) is 12.1 Å². The standard InChI is InChI=1S/C10H12N2O4/c13-9(12-11-6-10(14)15)7-16-8-4-2-1-3-5-8/h1-5,11H,6-7H2,(H,12,13)(H,14,15). The van der Waals surface area contributed by atoms with Crippen LogP contribution in [0.25, 0.3) is 0 Å². The summed E-state index contributed by atoms with van der Waals surface area (Å²) in [6.45, 7) is -0.506. The third kappa shape index (κ3) is 4.97. The highest BCUT2D eigenvalue weighted by Gasteiger charge is 2.02. The molecule has 0 aromatic heterocycles. The van der Waals surface area contributed by atoms with E-state index in [1.165, 1.54) is 0 Å². The quantitative estimate of drug-likeness (QED) is 0.581. The predicted molar refractivity (Wildman–Crippen MR) is 55.7 cm³/mol. The lowest BCUT2D eigenvalue weighted by Crippen LogP contribution is -2.42. The molecule has 0 fully saturated rings. The molecule has 0 aliphatic carbocycles. The maximum absolute atomic E-state index is 11.1. The fourth-order valence-electron chi connectivity index (χ4n) is 0.920. The van der Waals surface area contributed by atoms with Crippen LogP contribution in [-0.4, -0.2) is 30.1 Å². The molecular weight excluding hydrogens is 212 g/mol. The van der Waals surface area contributed by atoms with Crippen LogP contribution < -0.4 is 15.6 Å². The zero-order valence-electron chi connectivity index (χ0n) is 8.47. The SMILES string of the molecule is O=C(O)CNNC(=O)COc1ccccc1. The van der Waals surface area contributed by atoms with Crippen LogP contribution in [0.2, 0.25) is 0 Å². The van der Waals surface area contributed by atoms with Gasteiger partial charge in [0.2, 0.25) is 0 Å². The molecular formula is C10H12N2O4. The summed E-state index contributed by atoms with van der Waals surface area (Å²) in [5, 5.41) is 8.29. The van der Waals surface area contributed by atoms with Gasteiger partial charge in [-0.1, -0.05) is 18.2 Å². The highest BCUT2D eigenvalue weighted by atomic mass is 16.5. The highest BCUT2D eigenvalue weighted by molar-refractivity contribution is 5.77. The molecule has 0 atom stereocenters. The zero-order valence-corrected chi connectivity index (χ0v) is 8.47. The van der Waals surface area contributed by atoms with Crippen LogP contribution >= 0.6 is 0 Å². The number of carboxylic acid groups (broad SMARTS) is 1. The number of carbonyl (C=O) groups is 2. The number of hydrogen-bond acceptors (Lipinski definition) is 4. The minimum atomic E-state index is -1.05. The maximum atomic E-state index is 11.1. The molecule has 6 heteroatoms. The first-order valence-electron chi connectivity index (χ1n) is 4.60. The topological polar surface area (TPSA) is 87.7 Å². The Labute approximate surface area is 92.2 Å². The average Bonchev–Trinajstić information content (AvgIpc) is 2.27. The molecule has 1 aromatic rings. The highest BCUT2D eigenvalue weighted by Crippen LogP contribution is 2.07. The first kappa shape index (κ1) is 12.0. The third-order valence-electron chi connectivity index (χ3n) is 1.58. The number of nitrogens with one attached hydrogen (secondary N) is 2. The number of benzene rings is 1. The Morgan fingerprint density at radius 1 is 1.25 bits per heavy atom. The Hall–Kier alpha value is -2.08. The summed E-state index contributed by atoms with van der Waals surface area (Å²) < 4.78 is 5.13. The predicted octanol–water partition coefficient (Wildman–Crippen LogP) is -0.229. The minimum absolute atomic E-state index is 0.170. The molecule has 1 aromatic carbocycles. The monoisotopic (exact) mass is 224 g/mol. The number of para-hydroxylation sites is 1. The van der Waals surface area contributed by atoms with Gasteiger partial charge in [-0.15, -0.1) is 0 Å². The molecule has 1 amide bonds. The van der Waals surface area contributed by atoms with Gasteiger partial charge in [0, 0.05) is 0 Å². The molecule has 0 heterocycles. The Balaban J connectivity index is 2.18. The Kier molecular flexibility index (Phi) is 4.81. The molecule has 0 aliphatic rings. The van der Waals surface area contributed by atoms with Gasteiger partial charge in [-0.3, -0.25) is 15.0 Å². The van der Waals surface area contributed by atoms with Gasteiger partial charge >= 0.3 is 5.97 Å². The Morgan fingerprint density at radius 2 is 1.94 bits per heavy atom. The van der Waals surface area contributed by atoms with Gasteiger partial charge in [0.15, 0.2) is 6.61 Å². The molecule has 0 unspecified atom stereocenters. The largest absolute Gasteiger partial charge is 0.484 e. The first-order valence-corrected chi connectivity index (χ1v) is 4.60. The molecule has 0 radical (unpaired) electrons. The van der Waals surface area contributed by atoms with E-state index in [1.54, 1.807) is 24.3 Å². The zero-order chi connectivity index (χ0) is 11.8. The second kappa shape index (κ2) is 6.41. The van der Waals surface area contributed by atoms with Gasteiger partial charge in [0.1, 0.15) is 12.3 Å². The molecule has 0 spiro atoms. The van der Waals surface area contributed by atoms with E-state index in [4.69, 9.17) is 9.84 Å². The van der Waals surface area contributed by atoms with Gasteiger partial charge in [0.05, 0.1) is 0 Å². The molecule has 0 saturated carbocycles. The van der Waals surface area contributed by atoms with E-state index in [2.05, 4.69) is 10.9 Å². The van der Waals surface area contributed by atoms with Crippen molar-refractivity contribution in [3.8, 4) is 5.75 Å². The van der Waals surface area contributed by atoms with Crippen molar-refractivity contribution in [3.63, 3.8) is 0 Å². The second-order valence-corrected chi connectivity index (χ2v) is 2.90. The van der Waals surface area contributed by atoms with E-state index in [9.17, 15) is 9.59 Å². The fraction of sp³-hybridized carbons (Fsp3) is 0.200.